The fraction of sp³-hybridized carbons (Fsp3) is 0.235. The van der Waals surface area contributed by atoms with Crippen molar-refractivity contribution in [3.8, 4) is 0 Å². The number of anilines is 1. The lowest BCUT2D eigenvalue weighted by atomic mass is 10.1. The summed E-state index contributed by atoms with van der Waals surface area (Å²) in [6.45, 7) is 1.13. The second-order valence-corrected chi connectivity index (χ2v) is 4.82. The van der Waals surface area contributed by atoms with Gasteiger partial charge in [-0.3, -0.25) is 4.79 Å². The van der Waals surface area contributed by atoms with Gasteiger partial charge in [0.15, 0.2) is 0 Å². The molecule has 0 saturated carbocycles. The minimum absolute atomic E-state index is 0.121. The molecule has 21 heavy (non-hydrogen) atoms. The second kappa shape index (κ2) is 7.57. The molecule has 0 radical (unpaired) electrons. The van der Waals surface area contributed by atoms with E-state index in [9.17, 15) is 4.79 Å². The van der Waals surface area contributed by atoms with Gasteiger partial charge in [0.25, 0.3) is 5.91 Å². The largest absolute Gasteiger partial charge is 0.380 e. The molecule has 0 saturated heterocycles. The quantitative estimate of drug-likeness (QED) is 0.857. The monoisotopic (exact) mass is 284 g/mol. The first kappa shape index (κ1) is 15.2. The average molecular weight is 284 g/mol. The number of nitrogens with two attached hydrogens (primary N) is 1. The number of amides is 1. The normalized spacial score (nSPS) is 10.4. The summed E-state index contributed by atoms with van der Waals surface area (Å²) < 4.78 is 5.09. The molecule has 0 aromatic heterocycles. The molecule has 2 rings (SSSR count). The van der Waals surface area contributed by atoms with Crippen LogP contribution in [-0.4, -0.2) is 19.6 Å². The summed E-state index contributed by atoms with van der Waals surface area (Å²) in [5.74, 6) is -0.121. The van der Waals surface area contributed by atoms with Crippen molar-refractivity contribution in [3.05, 3.63) is 65.2 Å². The molecule has 0 spiro atoms. The molecule has 4 heteroatoms. The fourth-order valence-electron chi connectivity index (χ4n) is 2.10. The van der Waals surface area contributed by atoms with E-state index in [0.717, 1.165) is 23.2 Å². The zero-order valence-electron chi connectivity index (χ0n) is 12.1. The van der Waals surface area contributed by atoms with Gasteiger partial charge in [0.1, 0.15) is 0 Å². The molecule has 0 bridgehead atoms. The van der Waals surface area contributed by atoms with Crippen LogP contribution in [0.1, 0.15) is 21.5 Å². The third-order valence-corrected chi connectivity index (χ3v) is 3.14. The number of methoxy groups -OCH3 is 1. The van der Waals surface area contributed by atoms with Gasteiger partial charge in [-0.2, -0.15) is 0 Å². The van der Waals surface area contributed by atoms with E-state index >= 15 is 0 Å². The maximum atomic E-state index is 12.2. The molecular weight excluding hydrogens is 264 g/mol. The van der Waals surface area contributed by atoms with Crippen molar-refractivity contribution in [1.82, 2.24) is 0 Å². The molecule has 4 nitrogen and oxygen atoms in total. The lowest BCUT2D eigenvalue weighted by Crippen LogP contribution is -2.12. The summed E-state index contributed by atoms with van der Waals surface area (Å²) in [6, 6.07) is 15.1. The van der Waals surface area contributed by atoms with E-state index in [1.54, 1.807) is 7.11 Å². The lowest BCUT2D eigenvalue weighted by molar-refractivity contribution is 0.102. The maximum Gasteiger partial charge on any atom is 0.255 e. The van der Waals surface area contributed by atoms with Gasteiger partial charge in [-0.15, -0.1) is 0 Å². The lowest BCUT2D eigenvalue weighted by Gasteiger charge is -2.08. The summed E-state index contributed by atoms with van der Waals surface area (Å²) in [5, 5.41) is 2.89. The SMILES string of the molecule is COCc1cccc(NC(=O)c2ccc(CCN)cc2)c1. The molecule has 0 unspecified atom stereocenters. The van der Waals surface area contributed by atoms with Crippen LogP contribution in [0.4, 0.5) is 5.69 Å². The number of ether oxygens (including phenoxy) is 1. The second-order valence-electron chi connectivity index (χ2n) is 4.82. The molecule has 0 aliphatic carbocycles. The average Bonchev–Trinajstić information content (AvgIpc) is 2.49. The van der Waals surface area contributed by atoms with Gasteiger partial charge in [-0.1, -0.05) is 24.3 Å². The fourth-order valence-corrected chi connectivity index (χ4v) is 2.10. The number of nitrogens with one attached hydrogen (secondary N) is 1. The van der Waals surface area contributed by atoms with Gasteiger partial charge < -0.3 is 15.8 Å². The maximum absolute atomic E-state index is 12.2. The van der Waals surface area contributed by atoms with Gasteiger partial charge in [-0.05, 0) is 48.4 Å². The highest BCUT2D eigenvalue weighted by atomic mass is 16.5. The molecule has 0 aliphatic rings. The Balaban J connectivity index is 2.05. The molecule has 0 aliphatic heterocycles. The first-order valence-corrected chi connectivity index (χ1v) is 6.91. The molecular formula is C17H20N2O2. The van der Waals surface area contributed by atoms with Crippen LogP contribution in [0.15, 0.2) is 48.5 Å². The van der Waals surface area contributed by atoms with E-state index < -0.39 is 0 Å². The van der Waals surface area contributed by atoms with Crippen LogP contribution in [0.25, 0.3) is 0 Å². The van der Waals surface area contributed by atoms with Crippen molar-refractivity contribution in [2.45, 2.75) is 13.0 Å². The molecule has 3 N–H and O–H groups in total. The van der Waals surface area contributed by atoms with Crippen molar-refractivity contribution < 1.29 is 9.53 Å². The van der Waals surface area contributed by atoms with Crippen molar-refractivity contribution in [2.75, 3.05) is 19.0 Å². The van der Waals surface area contributed by atoms with Crippen LogP contribution in [0.3, 0.4) is 0 Å². The Labute approximate surface area is 124 Å². The van der Waals surface area contributed by atoms with Gasteiger partial charge in [-0.25, -0.2) is 0 Å². The van der Waals surface area contributed by atoms with E-state index in [4.69, 9.17) is 10.5 Å². The van der Waals surface area contributed by atoms with E-state index in [-0.39, 0.29) is 5.91 Å². The van der Waals surface area contributed by atoms with Crippen molar-refractivity contribution >= 4 is 11.6 Å². The standard InChI is InChI=1S/C17H20N2O2/c1-21-12-14-3-2-4-16(11-14)19-17(20)15-7-5-13(6-8-15)9-10-18/h2-8,11H,9-10,12,18H2,1H3,(H,19,20). The minimum Gasteiger partial charge on any atom is -0.380 e. The molecule has 2 aromatic carbocycles. The highest BCUT2D eigenvalue weighted by Gasteiger charge is 2.06. The summed E-state index contributed by atoms with van der Waals surface area (Å²) in [4.78, 5) is 12.2. The smallest absolute Gasteiger partial charge is 0.255 e. The number of benzene rings is 2. The predicted octanol–water partition coefficient (Wildman–Crippen LogP) is 2.59. The van der Waals surface area contributed by atoms with Crippen LogP contribution in [0.2, 0.25) is 0 Å². The molecule has 1 amide bonds. The highest BCUT2D eigenvalue weighted by molar-refractivity contribution is 6.04. The summed E-state index contributed by atoms with van der Waals surface area (Å²) in [7, 11) is 1.65. The summed E-state index contributed by atoms with van der Waals surface area (Å²) in [5.41, 5.74) is 9.06. The molecule has 2 aromatic rings. The topological polar surface area (TPSA) is 64.3 Å². The summed E-state index contributed by atoms with van der Waals surface area (Å²) >= 11 is 0. The van der Waals surface area contributed by atoms with E-state index in [1.807, 2.05) is 48.5 Å². The van der Waals surface area contributed by atoms with Crippen LogP contribution < -0.4 is 11.1 Å². The Morgan fingerprint density at radius 2 is 1.90 bits per heavy atom. The number of rotatable bonds is 6. The van der Waals surface area contributed by atoms with Crippen molar-refractivity contribution in [2.24, 2.45) is 5.73 Å². The van der Waals surface area contributed by atoms with E-state index in [2.05, 4.69) is 5.32 Å². The molecule has 110 valence electrons. The Morgan fingerprint density at radius 1 is 1.14 bits per heavy atom. The number of hydrogen-bond donors (Lipinski definition) is 2. The Bertz CT molecular complexity index is 594. The van der Waals surface area contributed by atoms with E-state index in [0.29, 0.717) is 18.7 Å². The number of hydrogen-bond acceptors (Lipinski definition) is 3. The van der Waals surface area contributed by atoms with Crippen LogP contribution in [-0.2, 0) is 17.8 Å². The van der Waals surface area contributed by atoms with E-state index in [1.165, 1.54) is 0 Å². The predicted molar refractivity (Wildman–Crippen MR) is 84.3 cm³/mol. The van der Waals surface area contributed by atoms with Gasteiger partial charge in [0.2, 0.25) is 0 Å². The Kier molecular flexibility index (Phi) is 5.49. The molecule has 0 atom stereocenters. The highest BCUT2D eigenvalue weighted by Crippen LogP contribution is 2.13. The third-order valence-electron chi connectivity index (χ3n) is 3.14. The number of carbonyl (C=O) groups is 1. The first-order chi connectivity index (χ1) is 10.2. The van der Waals surface area contributed by atoms with Crippen LogP contribution in [0.5, 0.6) is 0 Å². The first-order valence-electron chi connectivity index (χ1n) is 6.91. The van der Waals surface area contributed by atoms with Crippen LogP contribution in [0, 0.1) is 0 Å². The molecule has 0 fully saturated rings. The zero-order chi connectivity index (χ0) is 15.1. The van der Waals surface area contributed by atoms with Crippen LogP contribution >= 0.6 is 0 Å². The number of carbonyl (C=O) groups excluding carboxylic acids is 1. The minimum atomic E-state index is -0.121. The van der Waals surface area contributed by atoms with Gasteiger partial charge in [0.05, 0.1) is 6.61 Å². The summed E-state index contributed by atoms with van der Waals surface area (Å²) in [6.07, 6.45) is 0.820. The van der Waals surface area contributed by atoms with Crippen molar-refractivity contribution in [1.29, 1.82) is 0 Å². The van der Waals surface area contributed by atoms with Crippen molar-refractivity contribution in [3.63, 3.8) is 0 Å². The Morgan fingerprint density at radius 3 is 2.57 bits per heavy atom. The third kappa shape index (κ3) is 4.41. The Hall–Kier alpha value is -2.17. The van der Waals surface area contributed by atoms with Gasteiger partial charge >= 0.3 is 0 Å². The zero-order valence-corrected chi connectivity index (χ0v) is 12.1. The molecule has 0 heterocycles. The van der Waals surface area contributed by atoms with Gasteiger partial charge in [0, 0.05) is 18.4 Å².